The zero-order valence-electron chi connectivity index (χ0n) is 17.5. The van der Waals surface area contributed by atoms with Gasteiger partial charge < -0.3 is 19.9 Å². The lowest BCUT2D eigenvalue weighted by molar-refractivity contribution is 0.122. The van der Waals surface area contributed by atoms with Gasteiger partial charge in [0.15, 0.2) is 5.82 Å². The van der Waals surface area contributed by atoms with Crippen LogP contribution in [0.4, 0.5) is 16.4 Å². The number of aromatic nitrogens is 3. The molecule has 2 aliphatic heterocycles. The third-order valence-corrected chi connectivity index (χ3v) is 6.03. The number of ether oxygens (including phenoxy) is 1. The topological polar surface area (TPSA) is 98.4 Å². The van der Waals surface area contributed by atoms with E-state index in [-0.39, 0.29) is 18.0 Å². The Morgan fingerprint density at radius 3 is 2.81 bits per heavy atom. The summed E-state index contributed by atoms with van der Waals surface area (Å²) in [6, 6.07) is 11.9. The number of H-pyrrole nitrogens is 1. The minimum Gasteiger partial charge on any atom is -0.378 e. The molecule has 0 radical (unpaired) electrons. The number of amides is 2. The second kappa shape index (κ2) is 8.52. The molecule has 3 N–H and O–H groups in total. The van der Waals surface area contributed by atoms with Crippen LogP contribution in [-0.2, 0) is 4.74 Å². The number of rotatable bonds is 4. The molecule has 162 valence electrons. The summed E-state index contributed by atoms with van der Waals surface area (Å²) in [5.41, 5.74) is 2.08. The van der Waals surface area contributed by atoms with Gasteiger partial charge in [0.1, 0.15) is 5.82 Å². The van der Waals surface area contributed by atoms with Gasteiger partial charge in [0.2, 0.25) is 0 Å². The van der Waals surface area contributed by atoms with E-state index in [4.69, 9.17) is 4.74 Å². The van der Waals surface area contributed by atoms with Gasteiger partial charge in [-0.3, -0.25) is 10.4 Å². The monoisotopic (exact) mass is 421 g/mol. The van der Waals surface area contributed by atoms with Crippen LogP contribution < -0.4 is 15.5 Å². The Hall–Kier alpha value is -3.17. The van der Waals surface area contributed by atoms with Gasteiger partial charge in [-0.25, -0.2) is 9.78 Å². The number of aromatic amines is 1. The molecular formula is C22H27N7O2. The fourth-order valence-electron chi connectivity index (χ4n) is 4.49. The SMILES string of the molecule is CN1C[C@H](c2ccccc2)[C@H](NC(=O)Nc2cc3[nH]nc(N4CCOCC4)c3cn2)C1. The van der Waals surface area contributed by atoms with Gasteiger partial charge >= 0.3 is 6.03 Å². The molecule has 9 nitrogen and oxygen atoms in total. The number of hydrogen-bond acceptors (Lipinski definition) is 6. The van der Waals surface area contributed by atoms with Crippen molar-refractivity contribution < 1.29 is 9.53 Å². The highest BCUT2D eigenvalue weighted by Crippen LogP contribution is 2.27. The van der Waals surface area contributed by atoms with Crippen LogP contribution in [0.2, 0.25) is 0 Å². The summed E-state index contributed by atoms with van der Waals surface area (Å²) < 4.78 is 5.42. The first kappa shape index (κ1) is 19.8. The predicted molar refractivity (Wildman–Crippen MR) is 120 cm³/mol. The van der Waals surface area contributed by atoms with Crippen molar-refractivity contribution in [2.45, 2.75) is 12.0 Å². The largest absolute Gasteiger partial charge is 0.378 e. The van der Waals surface area contributed by atoms with E-state index < -0.39 is 0 Å². The number of nitrogens with one attached hydrogen (secondary N) is 3. The van der Waals surface area contributed by atoms with E-state index >= 15 is 0 Å². The maximum Gasteiger partial charge on any atom is 0.320 e. The van der Waals surface area contributed by atoms with Crippen LogP contribution in [0.5, 0.6) is 0 Å². The first-order valence-corrected chi connectivity index (χ1v) is 10.7. The molecule has 2 amide bonds. The number of likely N-dealkylation sites (N-methyl/N-ethyl adjacent to an activating group) is 1. The molecule has 0 spiro atoms. The van der Waals surface area contributed by atoms with Gasteiger partial charge in [0, 0.05) is 44.4 Å². The Balaban J connectivity index is 1.27. The molecule has 5 rings (SSSR count). The molecule has 31 heavy (non-hydrogen) atoms. The first-order valence-electron chi connectivity index (χ1n) is 10.7. The maximum absolute atomic E-state index is 12.7. The van der Waals surface area contributed by atoms with Crippen LogP contribution >= 0.6 is 0 Å². The minimum absolute atomic E-state index is 0.0382. The molecule has 2 fully saturated rings. The smallest absolute Gasteiger partial charge is 0.320 e. The molecule has 2 aliphatic rings. The number of pyridine rings is 1. The van der Waals surface area contributed by atoms with Crippen molar-refractivity contribution in [3.8, 4) is 0 Å². The number of nitrogens with zero attached hydrogens (tertiary/aromatic N) is 4. The zero-order valence-corrected chi connectivity index (χ0v) is 17.5. The number of fused-ring (bicyclic) bond motifs is 1. The number of morpholine rings is 1. The Bertz CT molecular complexity index is 1050. The van der Waals surface area contributed by atoms with Crippen molar-refractivity contribution in [2.75, 3.05) is 56.7 Å². The van der Waals surface area contributed by atoms with E-state index in [1.165, 1.54) is 5.56 Å². The Morgan fingerprint density at radius 2 is 2.00 bits per heavy atom. The lowest BCUT2D eigenvalue weighted by Crippen LogP contribution is -2.42. The summed E-state index contributed by atoms with van der Waals surface area (Å²) in [5.74, 6) is 1.63. The second-order valence-corrected chi connectivity index (χ2v) is 8.21. The van der Waals surface area contributed by atoms with Crippen LogP contribution in [0.3, 0.4) is 0 Å². The first-order chi connectivity index (χ1) is 15.2. The van der Waals surface area contributed by atoms with Crippen molar-refractivity contribution >= 4 is 28.6 Å². The fraction of sp³-hybridized carbons (Fsp3) is 0.409. The average Bonchev–Trinajstić information content (AvgIpc) is 3.37. The van der Waals surface area contributed by atoms with E-state index in [0.717, 1.165) is 42.9 Å². The molecule has 0 saturated carbocycles. The van der Waals surface area contributed by atoms with E-state index in [1.807, 2.05) is 24.3 Å². The highest BCUT2D eigenvalue weighted by atomic mass is 16.5. The third-order valence-electron chi connectivity index (χ3n) is 6.03. The van der Waals surface area contributed by atoms with Crippen LogP contribution in [0.1, 0.15) is 11.5 Å². The van der Waals surface area contributed by atoms with E-state index in [0.29, 0.717) is 19.0 Å². The Labute approximate surface area is 180 Å². The van der Waals surface area contributed by atoms with Crippen molar-refractivity contribution in [2.24, 2.45) is 0 Å². The Morgan fingerprint density at radius 1 is 1.19 bits per heavy atom. The van der Waals surface area contributed by atoms with Crippen molar-refractivity contribution in [3.05, 3.63) is 48.2 Å². The van der Waals surface area contributed by atoms with E-state index in [1.54, 1.807) is 6.20 Å². The molecule has 1 aromatic carbocycles. The summed E-state index contributed by atoms with van der Waals surface area (Å²) in [7, 11) is 2.08. The number of carbonyl (C=O) groups excluding carboxylic acids is 1. The fourth-order valence-corrected chi connectivity index (χ4v) is 4.49. The highest BCUT2D eigenvalue weighted by Gasteiger charge is 2.33. The van der Waals surface area contributed by atoms with Crippen molar-refractivity contribution in [3.63, 3.8) is 0 Å². The van der Waals surface area contributed by atoms with Crippen LogP contribution in [0.25, 0.3) is 10.9 Å². The average molecular weight is 422 g/mol. The number of likely N-dealkylation sites (tertiary alicyclic amines) is 1. The molecule has 2 saturated heterocycles. The minimum atomic E-state index is -0.249. The lowest BCUT2D eigenvalue weighted by Gasteiger charge is -2.26. The predicted octanol–water partition coefficient (Wildman–Crippen LogP) is 2.01. The summed E-state index contributed by atoms with van der Waals surface area (Å²) in [6.07, 6.45) is 1.76. The van der Waals surface area contributed by atoms with Gasteiger partial charge in [0.05, 0.1) is 30.2 Å². The van der Waals surface area contributed by atoms with Crippen LogP contribution in [0, 0.1) is 0 Å². The molecule has 0 aliphatic carbocycles. The quantitative estimate of drug-likeness (QED) is 0.596. The Kier molecular flexibility index (Phi) is 5.44. The molecule has 0 unspecified atom stereocenters. The number of carbonyl (C=O) groups is 1. The highest BCUT2D eigenvalue weighted by molar-refractivity contribution is 5.94. The summed E-state index contributed by atoms with van der Waals surface area (Å²) >= 11 is 0. The summed E-state index contributed by atoms with van der Waals surface area (Å²) in [4.78, 5) is 21.6. The molecule has 0 bridgehead atoms. The molecule has 4 heterocycles. The number of benzene rings is 1. The molecular weight excluding hydrogens is 394 g/mol. The van der Waals surface area contributed by atoms with Gasteiger partial charge in [-0.05, 0) is 12.6 Å². The standard InChI is InChI=1S/C22H27N7O2/c1-28-13-17(15-5-3-2-4-6-15)19(14-28)24-22(30)25-20-11-18-16(12-23-20)21(27-26-18)29-7-9-31-10-8-29/h2-6,11-12,17,19H,7-10,13-14H2,1H3,(H,26,27)(H2,23,24,25,30)/t17-,19-/m1/s1. The van der Waals surface area contributed by atoms with Crippen molar-refractivity contribution in [1.82, 2.24) is 25.4 Å². The zero-order chi connectivity index (χ0) is 21.2. The van der Waals surface area contributed by atoms with Gasteiger partial charge in [-0.2, -0.15) is 5.10 Å². The summed E-state index contributed by atoms with van der Waals surface area (Å²) in [5, 5.41) is 14.4. The number of anilines is 2. The second-order valence-electron chi connectivity index (χ2n) is 8.21. The molecule has 2 aromatic heterocycles. The van der Waals surface area contributed by atoms with Crippen LogP contribution in [0.15, 0.2) is 42.6 Å². The molecule has 9 heteroatoms. The number of urea groups is 1. The van der Waals surface area contributed by atoms with E-state index in [9.17, 15) is 4.79 Å². The van der Waals surface area contributed by atoms with Gasteiger partial charge in [0.25, 0.3) is 0 Å². The van der Waals surface area contributed by atoms with Crippen LogP contribution in [-0.4, -0.2) is 78.6 Å². The maximum atomic E-state index is 12.7. The number of hydrogen-bond donors (Lipinski definition) is 3. The van der Waals surface area contributed by atoms with Gasteiger partial charge in [-0.1, -0.05) is 30.3 Å². The summed E-state index contributed by atoms with van der Waals surface area (Å²) in [6.45, 7) is 4.73. The van der Waals surface area contributed by atoms with Crippen molar-refractivity contribution in [1.29, 1.82) is 0 Å². The normalized spacial score (nSPS) is 22.0. The molecule has 2 atom stereocenters. The lowest BCUT2D eigenvalue weighted by atomic mass is 9.94. The molecule has 3 aromatic rings. The third kappa shape index (κ3) is 4.19. The van der Waals surface area contributed by atoms with Gasteiger partial charge in [-0.15, -0.1) is 0 Å². The van der Waals surface area contributed by atoms with E-state index in [2.05, 4.69) is 54.8 Å².